The number of aliphatic hydroxyl groups is 1. The standard InChI is InChI=1S/C22H21N3O9S/c26-9-10-8-14(22(33)34)25-19(30)16(20(25)35-10)23-15(27)7-3-6-13(21(31)32)24-17(28)11-4-1-2-5-12(11)18(24)29/h1-2,4-5,8,10,13,16,20,26H,3,6-7,9H2,(H,23,27)(H,31,32)(H,33,34)/t10?,13?,16-,20+/m1/s1. The minimum absolute atomic E-state index is 0.0121. The van der Waals surface area contributed by atoms with Crippen molar-refractivity contribution in [1.82, 2.24) is 15.1 Å². The van der Waals surface area contributed by atoms with E-state index in [0.29, 0.717) is 4.90 Å². The molecular formula is C22H21N3O9S. The van der Waals surface area contributed by atoms with E-state index in [1.54, 1.807) is 12.1 Å². The first-order valence-electron chi connectivity index (χ1n) is 10.7. The first-order chi connectivity index (χ1) is 16.6. The van der Waals surface area contributed by atoms with Crippen molar-refractivity contribution in [3.63, 3.8) is 0 Å². The predicted octanol–water partition coefficient (Wildman–Crippen LogP) is -0.365. The lowest BCUT2D eigenvalue weighted by atomic mass is 10.0. The summed E-state index contributed by atoms with van der Waals surface area (Å²) in [5, 5.41) is 29.6. The average molecular weight is 503 g/mol. The van der Waals surface area contributed by atoms with Gasteiger partial charge in [0.05, 0.1) is 23.0 Å². The molecule has 4 N–H and O–H groups in total. The fraction of sp³-hybridized carbons (Fsp3) is 0.364. The van der Waals surface area contributed by atoms with Crippen molar-refractivity contribution in [1.29, 1.82) is 0 Å². The van der Waals surface area contributed by atoms with Gasteiger partial charge in [0.2, 0.25) is 5.91 Å². The Hall–Kier alpha value is -3.71. The van der Waals surface area contributed by atoms with Crippen LogP contribution in [0.4, 0.5) is 0 Å². The highest BCUT2D eigenvalue weighted by atomic mass is 32.2. The van der Waals surface area contributed by atoms with Crippen molar-refractivity contribution < 1.29 is 44.1 Å². The van der Waals surface area contributed by atoms with Crippen molar-refractivity contribution in [2.45, 2.75) is 42.0 Å². The van der Waals surface area contributed by atoms with Gasteiger partial charge in [0.25, 0.3) is 17.7 Å². The summed E-state index contributed by atoms with van der Waals surface area (Å²) < 4.78 is 0. The molecule has 4 rings (SSSR count). The summed E-state index contributed by atoms with van der Waals surface area (Å²) in [5.74, 6) is -5.29. The molecule has 0 spiro atoms. The number of aliphatic carboxylic acids is 2. The van der Waals surface area contributed by atoms with E-state index >= 15 is 0 Å². The van der Waals surface area contributed by atoms with Gasteiger partial charge in [0.1, 0.15) is 23.2 Å². The molecule has 1 aromatic rings. The summed E-state index contributed by atoms with van der Waals surface area (Å²) in [5.41, 5.74) is -0.0143. The van der Waals surface area contributed by atoms with Gasteiger partial charge < -0.3 is 20.6 Å². The van der Waals surface area contributed by atoms with E-state index in [2.05, 4.69) is 5.32 Å². The number of hydrogen-bond donors (Lipinski definition) is 4. The number of fused-ring (bicyclic) bond motifs is 2. The van der Waals surface area contributed by atoms with E-state index in [9.17, 15) is 44.1 Å². The number of amides is 4. The summed E-state index contributed by atoms with van der Waals surface area (Å²) in [6.07, 6.45) is 0.942. The van der Waals surface area contributed by atoms with Gasteiger partial charge in [-0.3, -0.25) is 29.0 Å². The maximum Gasteiger partial charge on any atom is 0.352 e. The van der Waals surface area contributed by atoms with Crippen molar-refractivity contribution in [3.8, 4) is 0 Å². The topological polar surface area (TPSA) is 182 Å². The average Bonchev–Trinajstić information content (AvgIpc) is 3.09. The van der Waals surface area contributed by atoms with Crippen LogP contribution in [0, 0.1) is 0 Å². The maximum absolute atomic E-state index is 12.6. The van der Waals surface area contributed by atoms with E-state index in [4.69, 9.17) is 0 Å². The third kappa shape index (κ3) is 4.28. The third-order valence-corrected chi connectivity index (χ3v) is 7.38. The van der Waals surface area contributed by atoms with Crippen LogP contribution in [0.15, 0.2) is 36.0 Å². The molecule has 35 heavy (non-hydrogen) atoms. The quantitative estimate of drug-likeness (QED) is 0.256. The van der Waals surface area contributed by atoms with Crippen LogP contribution >= 0.6 is 11.8 Å². The van der Waals surface area contributed by atoms with Crippen LogP contribution in [0.2, 0.25) is 0 Å². The van der Waals surface area contributed by atoms with E-state index in [1.807, 2.05) is 0 Å². The van der Waals surface area contributed by atoms with Crippen LogP contribution < -0.4 is 5.32 Å². The molecule has 1 saturated heterocycles. The van der Waals surface area contributed by atoms with Crippen molar-refractivity contribution in [3.05, 3.63) is 47.2 Å². The number of rotatable bonds is 9. The molecule has 3 aliphatic heterocycles. The molecule has 2 unspecified atom stereocenters. The van der Waals surface area contributed by atoms with Crippen molar-refractivity contribution in [2.24, 2.45) is 0 Å². The van der Waals surface area contributed by atoms with Gasteiger partial charge in [0.15, 0.2) is 0 Å². The van der Waals surface area contributed by atoms with E-state index < -0.39 is 58.3 Å². The molecule has 0 radical (unpaired) electrons. The summed E-state index contributed by atoms with van der Waals surface area (Å²) in [6, 6.07) is 3.57. The molecule has 0 aliphatic carbocycles. The number of carbonyl (C=O) groups is 6. The van der Waals surface area contributed by atoms with Crippen LogP contribution in [0.1, 0.15) is 40.0 Å². The summed E-state index contributed by atoms with van der Waals surface area (Å²) >= 11 is 1.14. The number of thioether (sulfide) groups is 1. The molecule has 13 heteroatoms. The number of hydrogen-bond acceptors (Lipinski definition) is 8. The number of carboxylic acid groups (broad SMARTS) is 2. The zero-order valence-corrected chi connectivity index (χ0v) is 18.9. The summed E-state index contributed by atoms with van der Waals surface area (Å²) in [6.45, 7) is -0.338. The second-order valence-electron chi connectivity index (χ2n) is 8.13. The van der Waals surface area contributed by atoms with E-state index in [-0.39, 0.29) is 42.7 Å². The van der Waals surface area contributed by atoms with Crippen LogP contribution in [0.5, 0.6) is 0 Å². The molecule has 4 amide bonds. The molecule has 0 aromatic heterocycles. The lowest BCUT2D eigenvalue weighted by molar-refractivity contribution is -0.150. The molecule has 1 aromatic carbocycles. The largest absolute Gasteiger partial charge is 0.480 e. The predicted molar refractivity (Wildman–Crippen MR) is 119 cm³/mol. The van der Waals surface area contributed by atoms with Crippen LogP contribution in [-0.4, -0.2) is 90.0 Å². The number of nitrogens with zero attached hydrogens (tertiary/aromatic N) is 2. The zero-order valence-electron chi connectivity index (χ0n) is 18.1. The highest BCUT2D eigenvalue weighted by Crippen LogP contribution is 2.40. The van der Waals surface area contributed by atoms with Gasteiger partial charge in [-0.1, -0.05) is 12.1 Å². The monoisotopic (exact) mass is 503 g/mol. The lowest BCUT2D eigenvalue weighted by Gasteiger charge is -2.49. The van der Waals surface area contributed by atoms with Gasteiger partial charge in [0, 0.05) is 6.42 Å². The Morgan fingerprint density at radius 3 is 2.23 bits per heavy atom. The Morgan fingerprint density at radius 1 is 1.06 bits per heavy atom. The lowest BCUT2D eigenvalue weighted by Crippen LogP contribution is -2.70. The fourth-order valence-electron chi connectivity index (χ4n) is 4.29. The van der Waals surface area contributed by atoms with Crippen LogP contribution in [0.25, 0.3) is 0 Å². The Morgan fingerprint density at radius 2 is 1.69 bits per heavy atom. The maximum atomic E-state index is 12.6. The number of aliphatic hydroxyl groups excluding tert-OH is 1. The molecule has 4 atom stereocenters. The first kappa shape index (κ1) is 24.4. The van der Waals surface area contributed by atoms with Crippen LogP contribution in [-0.2, 0) is 19.2 Å². The second kappa shape index (κ2) is 9.50. The number of carboxylic acids is 2. The molecular weight excluding hydrogens is 482 g/mol. The smallest absolute Gasteiger partial charge is 0.352 e. The zero-order chi connectivity index (χ0) is 25.4. The molecule has 1 fully saturated rings. The summed E-state index contributed by atoms with van der Waals surface area (Å²) in [4.78, 5) is 75.0. The first-order valence-corrected chi connectivity index (χ1v) is 11.6. The van der Waals surface area contributed by atoms with Crippen molar-refractivity contribution in [2.75, 3.05) is 6.61 Å². The number of benzene rings is 1. The van der Waals surface area contributed by atoms with Gasteiger partial charge >= 0.3 is 11.9 Å². The van der Waals surface area contributed by atoms with Crippen molar-refractivity contribution >= 4 is 47.3 Å². The molecule has 0 saturated carbocycles. The Labute approximate surface area is 202 Å². The minimum Gasteiger partial charge on any atom is -0.480 e. The summed E-state index contributed by atoms with van der Waals surface area (Å²) in [7, 11) is 0. The van der Waals surface area contributed by atoms with E-state index in [1.165, 1.54) is 18.2 Å². The second-order valence-corrected chi connectivity index (χ2v) is 9.49. The Bertz CT molecular complexity index is 1130. The normalized spacial score (nSPS) is 23.7. The van der Waals surface area contributed by atoms with Gasteiger partial charge in [-0.05, 0) is 31.1 Å². The van der Waals surface area contributed by atoms with Crippen LogP contribution in [0.3, 0.4) is 0 Å². The molecule has 3 heterocycles. The molecule has 184 valence electrons. The molecule has 3 aliphatic rings. The Balaban J connectivity index is 1.35. The number of β-lactam (4-membered cyclic amide) rings is 1. The number of nitrogens with one attached hydrogen (secondary N) is 1. The highest BCUT2D eigenvalue weighted by Gasteiger charge is 2.54. The highest BCUT2D eigenvalue weighted by molar-refractivity contribution is 8.00. The SMILES string of the molecule is O=C(CCCC(C(=O)O)N1C(=O)c2ccccc2C1=O)N[C@@H]1C(=O)N2C(C(=O)O)=CC(CO)S[C@@H]12. The molecule has 12 nitrogen and oxygen atoms in total. The fourth-order valence-corrected chi connectivity index (χ4v) is 5.63. The van der Waals surface area contributed by atoms with Gasteiger partial charge in [-0.15, -0.1) is 11.8 Å². The number of imide groups is 1. The number of carbonyl (C=O) groups excluding carboxylic acids is 4. The minimum atomic E-state index is -1.46. The Kier molecular flexibility index (Phi) is 6.63. The molecule has 0 bridgehead atoms. The third-order valence-electron chi connectivity index (χ3n) is 5.98. The van der Waals surface area contributed by atoms with Gasteiger partial charge in [-0.2, -0.15) is 0 Å². The van der Waals surface area contributed by atoms with E-state index in [0.717, 1.165) is 16.7 Å². The van der Waals surface area contributed by atoms with Gasteiger partial charge in [-0.25, -0.2) is 9.59 Å².